The highest BCUT2D eigenvalue weighted by atomic mass is 19.4. The van der Waals surface area contributed by atoms with Gasteiger partial charge in [-0.05, 0) is 46.5 Å². The number of likely N-dealkylation sites (N-methyl/N-ethyl adjacent to an activating group) is 1. The molecule has 0 saturated carbocycles. The first-order chi connectivity index (χ1) is 17.1. The number of aryl methyl sites for hydroxylation is 2. The lowest BCUT2D eigenvalue weighted by molar-refractivity contribution is -0.192. The van der Waals surface area contributed by atoms with Gasteiger partial charge in [-0.2, -0.15) is 18.3 Å². The zero-order valence-electron chi connectivity index (χ0n) is 21.2. The Kier molecular flexibility index (Phi) is 7.58. The number of nitrogens with zero attached hydrogens (tertiary/aromatic N) is 5. The summed E-state index contributed by atoms with van der Waals surface area (Å²) in [6.07, 6.45) is -1.73. The van der Waals surface area contributed by atoms with E-state index >= 15 is 0 Å². The average molecular weight is 520 g/mol. The minimum Gasteiger partial charge on any atom is -0.475 e. The van der Waals surface area contributed by atoms with E-state index in [-0.39, 0.29) is 11.4 Å². The van der Waals surface area contributed by atoms with Crippen LogP contribution in [-0.2, 0) is 11.8 Å². The number of amides is 1. The number of carboxylic acids is 1. The van der Waals surface area contributed by atoms with E-state index in [9.17, 15) is 18.0 Å². The van der Waals surface area contributed by atoms with Crippen molar-refractivity contribution in [2.75, 3.05) is 20.6 Å². The molecule has 3 aromatic heterocycles. The summed E-state index contributed by atoms with van der Waals surface area (Å²) in [4.78, 5) is 36.2. The molecule has 0 spiro atoms. The largest absolute Gasteiger partial charge is 0.490 e. The van der Waals surface area contributed by atoms with Crippen molar-refractivity contribution in [1.82, 2.24) is 34.9 Å². The van der Waals surface area contributed by atoms with E-state index in [1.807, 2.05) is 50.6 Å². The zero-order valence-corrected chi connectivity index (χ0v) is 21.2. The summed E-state index contributed by atoms with van der Waals surface area (Å²) < 4.78 is 33.6. The number of fused-ring (bicyclic) bond motifs is 2. The third-order valence-electron chi connectivity index (χ3n) is 5.28. The second kappa shape index (κ2) is 10.2. The number of halogens is 3. The van der Waals surface area contributed by atoms with Crippen LogP contribution in [0.1, 0.15) is 29.8 Å². The lowest BCUT2D eigenvalue weighted by atomic mass is 10.0. The fourth-order valence-corrected chi connectivity index (χ4v) is 3.94. The van der Waals surface area contributed by atoms with Gasteiger partial charge in [0, 0.05) is 30.7 Å². The molecular formula is C24H28F3N7O3. The molecule has 0 saturated heterocycles. The summed E-state index contributed by atoms with van der Waals surface area (Å²) in [5.41, 5.74) is 4.79. The fourth-order valence-electron chi connectivity index (χ4n) is 3.94. The number of alkyl halides is 3. The van der Waals surface area contributed by atoms with E-state index in [0.29, 0.717) is 22.4 Å². The molecule has 37 heavy (non-hydrogen) atoms. The molecule has 3 N–H and O–H groups in total. The molecule has 0 aliphatic carbocycles. The molecule has 0 fully saturated rings. The van der Waals surface area contributed by atoms with Crippen LogP contribution in [0.2, 0.25) is 0 Å². The monoisotopic (exact) mass is 519 g/mol. The normalized spacial score (nSPS) is 12.1. The standard InChI is InChI=1S/C22H27N7O.C2HF3O2/c1-13-7-8-14-17(9-13)29(6)27-18(14)16-11-24-20-19(25-16)15(10-23-20)21(30)26-22(2,3)12-28(4)5;3-2(4,5)1(6)7/h7-11H,12H2,1-6H3,(H,23,24)(H,26,30);(H,6,7). The number of hydrogen-bond donors (Lipinski definition) is 3. The molecule has 0 unspecified atom stereocenters. The van der Waals surface area contributed by atoms with Crippen molar-refractivity contribution < 1.29 is 27.9 Å². The number of aliphatic carboxylic acids is 1. The molecule has 0 aliphatic heterocycles. The van der Waals surface area contributed by atoms with Crippen LogP contribution in [0.5, 0.6) is 0 Å². The van der Waals surface area contributed by atoms with Crippen molar-refractivity contribution in [2.24, 2.45) is 7.05 Å². The van der Waals surface area contributed by atoms with Gasteiger partial charge in [0.25, 0.3) is 5.91 Å². The van der Waals surface area contributed by atoms with E-state index in [2.05, 4.69) is 39.4 Å². The van der Waals surface area contributed by atoms with E-state index in [0.717, 1.165) is 23.1 Å². The maximum Gasteiger partial charge on any atom is 0.490 e. The van der Waals surface area contributed by atoms with Crippen LogP contribution in [0.25, 0.3) is 33.5 Å². The van der Waals surface area contributed by atoms with Gasteiger partial charge in [0.05, 0.1) is 17.3 Å². The average Bonchev–Trinajstić information content (AvgIpc) is 3.33. The van der Waals surface area contributed by atoms with Gasteiger partial charge in [0.2, 0.25) is 0 Å². The Morgan fingerprint density at radius 1 is 1.22 bits per heavy atom. The van der Waals surface area contributed by atoms with E-state index in [1.54, 1.807) is 12.4 Å². The number of rotatable bonds is 5. The summed E-state index contributed by atoms with van der Waals surface area (Å²) in [5, 5.41) is 15.9. The molecule has 0 bridgehead atoms. The van der Waals surface area contributed by atoms with E-state index in [4.69, 9.17) is 14.9 Å². The van der Waals surface area contributed by atoms with Crippen molar-refractivity contribution >= 4 is 33.9 Å². The third kappa shape index (κ3) is 6.42. The quantitative estimate of drug-likeness (QED) is 0.368. The number of carbonyl (C=O) groups excluding carboxylic acids is 1. The maximum absolute atomic E-state index is 13.0. The van der Waals surface area contributed by atoms with E-state index in [1.165, 1.54) is 5.56 Å². The Labute approximate surface area is 210 Å². The highest BCUT2D eigenvalue weighted by molar-refractivity contribution is 6.05. The van der Waals surface area contributed by atoms with Crippen LogP contribution in [-0.4, -0.2) is 79.0 Å². The molecule has 4 rings (SSSR count). The number of H-pyrrole nitrogens is 1. The molecular weight excluding hydrogens is 491 g/mol. The van der Waals surface area contributed by atoms with Crippen molar-refractivity contribution in [2.45, 2.75) is 32.5 Å². The van der Waals surface area contributed by atoms with Gasteiger partial charge in [0.1, 0.15) is 16.9 Å². The van der Waals surface area contributed by atoms with Gasteiger partial charge < -0.3 is 20.3 Å². The maximum atomic E-state index is 13.0. The van der Waals surface area contributed by atoms with Gasteiger partial charge in [-0.25, -0.2) is 14.8 Å². The Morgan fingerprint density at radius 2 is 1.86 bits per heavy atom. The number of carboxylic acid groups (broad SMARTS) is 1. The first-order valence-electron chi connectivity index (χ1n) is 11.1. The molecule has 0 radical (unpaired) electrons. The van der Waals surface area contributed by atoms with E-state index < -0.39 is 12.1 Å². The number of aromatic amines is 1. The van der Waals surface area contributed by atoms with Gasteiger partial charge >= 0.3 is 12.1 Å². The third-order valence-corrected chi connectivity index (χ3v) is 5.28. The van der Waals surface area contributed by atoms with Crippen LogP contribution < -0.4 is 5.32 Å². The highest BCUT2D eigenvalue weighted by Crippen LogP contribution is 2.28. The second-order valence-corrected chi connectivity index (χ2v) is 9.53. The number of nitrogens with one attached hydrogen (secondary N) is 2. The summed E-state index contributed by atoms with van der Waals surface area (Å²) >= 11 is 0. The number of hydrogen-bond acceptors (Lipinski definition) is 6. The first-order valence-corrected chi connectivity index (χ1v) is 11.1. The smallest absolute Gasteiger partial charge is 0.475 e. The first kappa shape index (κ1) is 27.6. The second-order valence-electron chi connectivity index (χ2n) is 9.53. The topological polar surface area (TPSA) is 129 Å². The SMILES string of the molecule is Cc1ccc2c(-c3cnc4[nH]cc(C(=O)NC(C)(C)CN(C)C)c4n3)nn(C)c2c1.O=C(O)C(F)(F)F. The molecule has 13 heteroatoms. The molecule has 10 nitrogen and oxygen atoms in total. The zero-order chi connectivity index (χ0) is 27.7. The van der Waals surface area contributed by atoms with Crippen molar-refractivity contribution in [1.29, 1.82) is 0 Å². The van der Waals surface area contributed by atoms with Gasteiger partial charge in [-0.1, -0.05) is 12.1 Å². The van der Waals surface area contributed by atoms with Gasteiger partial charge in [-0.15, -0.1) is 0 Å². The summed E-state index contributed by atoms with van der Waals surface area (Å²) in [6.45, 7) is 6.77. The molecule has 0 atom stereocenters. The number of aromatic nitrogens is 5. The van der Waals surface area contributed by atoms with Crippen LogP contribution in [0, 0.1) is 6.92 Å². The fraction of sp³-hybridized carbons (Fsp3) is 0.375. The van der Waals surface area contributed by atoms with Crippen molar-refractivity contribution in [3.63, 3.8) is 0 Å². The Balaban J connectivity index is 0.000000479. The number of carbonyl (C=O) groups is 2. The molecule has 3 heterocycles. The Hall–Kier alpha value is -4.00. The van der Waals surface area contributed by atoms with Crippen molar-refractivity contribution in [3.8, 4) is 11.4 Å². The highest BCUT2D eigenvalue weighted by Gasteiger charge is 2.38. The molecule has 0 aliphatic rings. The van der Waals surface area contributed by atoms with Gasteiger partial charge in [0.15, 0.2) is 5.65 Å². The van der Waals surface area contributed by atoms with Crippen molar-refractivity contribution in [3.05, 3.63) is 41.7 Å². The van der Waals surface area contributed by atoms with Crippen LogP contribution in [0.15, 0.2) is 30.6 Å². The number of benzene rings is 1. The minimum absolute atomic E-state index is 0.180. The predicted molar refractivity (Wildman–Crippen MR) is 132 cm³/mol. The molecule has 1 amide bonds. The lowest BCUT2D eigenvalue weighted by Crippen LogP contribution is -2.49. The summed E-state index contributed by atoms with van der Waals surface area (Å²) in [7, 11) is 5.88. The minimum atomic E-state index is -5.08. The predicted octanol–water partition coefficient (Wildman–Crippen LogP) is 3.52. The van der Waals surface area contributed by atoms with Crippen LogP contribution >= 0.6 is 0 Å². The molecule has 198 valence electrons. The van der Waals surface area contributed by atoms with Crippen LogP contribution in [0.3, 0.4) is 0 Å². The van der Waals surface area contributed by atoms with Gasteiger partial charge in [-0.3, -0.25) is 9.48 Å². The van der Waals surface area contributed by atoms with Crippen LogP contribution in [0.4, 0.5) is 13.2 Å². The Morgan fingerprint density at radius 3 is 2.46 bits per heavy atom. The summed E-state index contributed by atoms with van der Waals surface area (Å²) in [5.74, 6) is -2.94. The lowest BCUT2D eigenvalue weighted by Gasteiger charge is -2.29. The summed E-state index contributed by atoms with van der Waals surface area (Å²) in [6, 6.07) is 6.20. The molecule has 4 aromatic rings. The molecule has 1 aromatic carbocycles. The Bertz CT molecular complexity index is 1460.